The molecule has 2 aromatic carbocycles. The minimum Gasteiger partial charge on any atom is -0.323 e. The lowest BCUT2D eigenvalue weighted by atomic mass is 10.2. The zero-order valence-electron chi connectivity index (χ0n) is 13.9. The van der Waals surface area contributed by atoms with Crippen LogP contribution in [0.15, 0.2) is 36.4 Å². The number of nitrogens with one attached hydrogen (secondary N) is 2. The van der Waals surface area contributed by atoms with Crippen LogP contribution in [0.5, 0.6) is 0 Å². The standard InChI is InChI=1S/C18H18F2N2O2S/c1-11-3-5-13(19)15(7-11)21-17(23)9-25-10-18(24)22-16-8-12(2)4-6-14(16)20/h3-8H,9-10H2,1-2H3,(H,21,23)(H,22,24). The second-order valence-corrected chi connectivity index (χ2v) is 6.54. The highest BCUT2D eigenvalue weighted by molar-refractivity contribution is 8.00. The summed E-state index contributed by atoms with van der Waals surface area (Å²) in [5.41, 5.74) is 1.86. The fraction of sp³-hybridized carbons (Fsp3) is 0.222. The van der Waals surface area contributed by atoms with Crippen molar-refractivity contribution in [3.05, 3.63) is 59.2 Å². The third-order valence-electron chi connectivity index (χ3n) is 3.26. The van der Waals surface area contributed by atoms with Crippen LogP contribution in [-0.2, 0) is 9.59 Å². The summed E-state index contributed by atoms with van der Waals surface area (Å²) in [6, 6.07) is 8.84. The van der Waals surface area contributed by atoms with Crippen LogP contribution in [-0.4, -0.2) is 23.3 Å². The molecule has 2 N–H and O–H groups in total. The molecule has 0 aliphatic heterocycles. The predicted octanol–water partition coefficient (Wildman–Crippen LogP) is 3.89. The van der Waals surface area contributed by atoms with Gasteiger partial charge < -0.3 is 10.6 Å². The summed E-state index contributed by atoms with van der Waals surface area (Å²) in [6.45, 7) is 3.58. The minimum absolute atomic E-state index is 0.0168. The van der Waals surface area contributed by atoms with Crippen molar-refractivity contribution in [2.75, 3.05) is 22.1 Å². The Morgan fingerprint density at radius 1 is 0.840 bits per heavy atom. The van der Waals surface area contributed by atoms with Gasteiger partial charge in [0.25, 0.3) is 0 Å². The van der Waals surface area contributed by atoms with Crippen molar-refractivity contribution in [3.8, 4) is 0 Å². The molecule has 4 nitrogen and oxygen atoms in total. The SMILES string of the molecule is Cc1ccc(F)c(NC(=O)CSCC(=O)Nc2cc(C)ccc2F)c1. The van der Waals surface area contributed by atoms with Crippen LogP contribution in [0.1, 0.15) is 11.1 Å². The fourth-order valence-corrected chi connectivity index (χ4v) is 2.70. The molecule has 0 aromatic heterocycles. The number of thioether (sulfide) groups is 1. The lowest BCUT2D eigenvalue weighted by Gasteiger charge is -2.08. The lowest BCUT2D eigenvalue weighted by molar-refractivity contribution is -0.114. The van der Waals surface area contributed by atoms with E-state index in [9.17, 15) is 18.4 Å². The maximum Gasteiger partial charge on any atom is 0.234 e. The van der Waals surface area contributed by atoms with E-state index in [4.69, 9.17) is 0 Å². The maximum atomic E-state index is 13.6. The molecule has 0 bridgehead atoms. The maximum absolute atomic E-state index is 13.6. The van der Waals surface area contributed by atoms with Gasteiger partial charge in [0.2, 0.25) is 11.8 Å². The number of halogens is 2. The molecule has 132 valence electrons. The van der Waals surface area contributed by atoms with Gasteiger partial charge in [-0.05, 0) is 49.2 Å². The fourth-order valence-electron chi connectivity index (χ4n) is 2.08. The molecule has 25 heavy (non-hydrogen) atoms. The molecule has 0 radical (unpaired) electrons. The number of anilines is 2. The molecule has 2 aromatic rings. The minimum atomic E-state index is -0.517. The highest BCUT2D eigenvalue weighted by Crippen LogP contribution is 2.17. The van der Waals surface area contributed by atoms with Crippen molar-refractivity contribution in [2.45, 2.75) is 13.8 Å². The third-order valence-corrected chi connectivity index (χ3v) is 4.19. The van der Waals surface area contributed by atoms with E-state index in [1.54, 1.807) is 26.0 Å². The van der Waals surface area contributed by atoms with Crippen LogP contribution in [0, 0.1) is 25.5 Å². The first kappa shape index (κ1) is 18.9. The molecule has 2 rings (SSSR count). The zero-order valence-corrected chi connectivity index (χ0v) is 14.7. The number of aryl methyl sites for hydroxylation is 2. The van der Waals surface area contributed by atoms with Crippen molar-refractivity contribution in [1.29, 1.82) is 0 Å². The van der Waals surface area contributed by atoms with Crippen LogP contribution in [0.2, 0.25) is 0 Å². The Labute approximate surface area is 149 Å². The summed E-state index contributed by atoms with van der Waals surface area (Å²) < 4.78 is 27.1. The van der Waals surface area contributed by atoms with Crippen molar-refractivity contribution in [3.63, 3.8) is 0 Å². The van der Waals surface area contributed by atoms with Gasteiger partial charge in [0.15, 0.2) is 0 Å². The zero-order chi connectivity index (χ0) is 18.4. The molecule has 0 unspecified atom stereocenters. The highest BCUT2D eigenvalue weighted by atomic mass is 32.2. The number of carbonyl (C=O) groups excluding carboxylic acids is 2. The smallest absolute Gasteiger partial charge is 0.234 e. The Morgan fingerprint density at radius 3 is 1.64 bits per heavy atom. The van der Waals surface area contributed by atoms with E-state index in [1.165, 1.54) is 24.3 Å². The van der Waals surface area contributed by atoms with Crippen LogP contribution < -0.4 is 10.6 Å². The number of carbonyl (C=O) groups is 2. The van der Waals surface area contributed by atoms with Gasteiger partial charge in [0, 0.05) is 0 Å². The molecule has 0 aliphatic carbocycles. The summed E-state index contributed by atoms with van der Waals surface area (Å²) in [5, 5.41) is 4.93. The van der Waals surface area contributed by atoms with E-state index in [2.05, 4.69) is 10.6 Å². The number of amides is 2. The Morgan fingerprint density at radius 2 is 1.24 bits per heavy atom. The average molecular weight is 364 g/mol. The first-order valence-corrected chi connectivity index (χ1v) is 8.70. The normalized spacial score (nSPS) is 10.4. The van der Waals surface area contributed by atoms with Crippen molar-refractivity contribution < 1.29 is 18.4 Å². The molecule has 2 amide bonds. The second-order valence-electron chi connectivity index (χ2n) is 5.56. The molecular weight excluding hydrogens is 346 g/mol. The van der Waals surface area contributed by atoms with Crippen LogP contribution in [0.25, 0.3) is 0 Å². The number of hydrogen-bond acceptors (Lipinski definition) is 3. The van der Waals surface area contributed by atoms with Gasteiger partial charge in [-0.15, -0.1) is 11.8 Å². The van der Waals surface area contributed by atoms with Gasteiger partial charge in [-0.1, -0.05) is 12.1 Å². The Kier molecular flexibility index (Phi) is 6.52. The average Bonchev–Trinajstić information content (AvgIpc) is 2.54. The van der Waals surface area contributed by atoms with E-state index < -0.39 is 23.4 Å². The monoisotopic (exact) mass is 364 g/mol. The summed E-state index contributed by atoms with van der Waals surface area (Å²) in [6.07, 6.45) is 0. The van der Waals surface area contributed by atoms with Crippen molar-refractivity contribution >= 4 is 35.0 Å². The predicted molar refractivity (Wildman–Crippen MR) is 96.9 cm³/mol. The Balaban J connectivity index is 1.79. The number of hydrogen-bond donors (Lipinski definition) is 2. The second kappa shape index (κ2) is 8.62. The van der Waals surface area contributed by atoms with Crippen molar-refractivity contribution in [2.24, 2.45) is 0 Å². The van der Waals surface area contributed by atoms with Gasteiger partial charge in [0.05, 0.1) is 22.9 Å². The van der Waals surface area contributed by atoms with E-state index in [-0.39, 0.29) is 22.9 Å². The molecular formula is C18H18F2N2O2S. The molecule has 0 atom stereocenters. The third kappa shape index (κ3) is 5.86. The highest BCUT2D eigenvalue weighted by Gasteiger charge is 2.10. The molecule has 0 saturated carbocycles. The van der Waals surface area contributed by atoms with E-state index >= 15 is 0 Å². The first-order valence-electron chi connectivity index (χ1n) is 7.55. The quantitative estimate of drug-likeness (QED) is 0.818. The lowest BCUT2D eigenvalue weighted by Crippen LogP contribution is -2.19. The van der Waals surface area contributed by atoms with E-state index in [0.29, 0.717) is 0 Å². The molecule has 7 heteroatoms. The number of rotatable bonds is 6. The Bertz CT molecular complexity index is 731. The van der Waals surface area contributed by atoms with Crippen molar-refractivity contribution in [1.82, 2.24) is 0 Å². The van der Waals surface area contributed by atoms with Gasteiger partial charge in [0.1, 0.15) is 11.6 Å². The first-order chi connectivity index (χ1) is 11.8. The van der Waals surface area contributed by atoms with Gasteiger partial charge in [-0.3, -0.25) is 9.59 Å². The topological polar surface area (TPSA) is 58.2 Å². The largest absolute Gasteiger partial charge is 0.323 e. The van der Waals surface area contributed by atoms with E-state index in [0.717, 1.165) is 22.9 Å². The van der Waals surface area contributed by atoms with Crippen LogP contribution in [0.3, 0.4) is 0 Å². The number of benzene rings is 2. The summed E-state index contributed by atoms with van der Waals surface area (Å²) in [5.74, 6) is -1.89. The molecule has 0 spiro atoms. The van der Waals surface area contributed by atoms with Gasteiger partial charge in [-0.2, -0.15) is 0 Å². The summed E-state index contributed by atoms with van der Waals surface area (Å²) in [4.78, 5) is 23.6. The van der Waals surface area contributed by atoms with Crippen LogP contribution in [0.4, 0.5) is 20.2 Å². The van der Waals surface area contributed by atoms with Crippen LogP contribution >= 0.6 is 11.8 Å². The van der Waals surface area contributed by atoms with Gasteiger partial charge in [-0.25, -0.2) is 8.78 Å². The molecule has 0 aliphatic rings. The van der Waals surface area contributed by atoms with E-state index in [1.807, 2.05) is 0 Å². The summed E-state index contributed by atoms with van der Waals surface area (Å²) >= 11 is 1.06. The molecule has 0 saturated heterocycles. The Hall–Kier alpha value is -2.41. The summed E-state index contributed by atoms with van der Waals surface area (Å²) in [7, 11) is 0. The molecule has 0 fully saturated rings. The molecule has 0 heterocycles. The van der Waals surface area contributed by atoms with Gasteiger partial charge >= 0.3 is 0 Å².